The highest BCUT2D eigenvalue weighted by molar-refractivity contribution is 9.10. The number of aryl methyl sites for hydroxylation is 1. The van der Waals surface area contributed by atoms with Crippen LogP contribution < -0.4 is 16.2 Å². The van der Waals surface area contributed by atoms with Gasteiger partial charge in [-0.2, -0.15) is 0 Å². The van der Waals surface area contributed by atoms with Gasteiger partial charge in [0.25, 0.3) is 5.56 Å². The molecule has 0 unspecified atom stereocenters. The molecule has 4 N–H and O–H groups in total. The highest BCUT2D eigenvalue weighted by atomic mass is 79.9. The number of urea groups is 1. The molecular formula is C23H22BrN3O4. The fourth-order valence-corrected chi connectivity index (χ4v) is 3.61. The maximum atomic E-state index is 12.7. The Bertz CT molecular complexity index is 1140. The summed E-state index contributed by atoms with van der Waals surface area (Å²) in [5.74, 6) is -1.04. The molecule has 0 aliphatic rings. The van der Waals surface area contributed by atoms with Crippen LogP contribution in [0.3, 0.4) is 0 Å². The quantitative estimate of drug-likeness (QED) is 0.399. The van der Waals surface area contributed by atoms with E-state index in [4.69, 9.17) is 0 Å². The molecular weight excluding hydrogens is 462 g/mol. The molecule has 0 fully saturated rings. The molecule has 7 nitrogen and oxygen atoms in total. The van der Waals surface area contributed by atoms with Crippen LogP contribution in [0.1, 0.15) is 34.7 Å². The Kier molecular flexibility index (Phi) is 7.25. The van der Waals surface area contributed by atoms with Crippen molar-refractivity contribution in [2.24, 2.45) is 0 Å². The second-order valence-electron chi connectivity index (χ2n) is 7.13. The van der Waals surface area contributed by atoms with E-state index in [1.165, 1.54) is 6.20 Å². The van der Waals surface area contributed by atoms with Gasteiger partial charge in [-0.15, -0.1) is 0 Å². The van der Waals surface area contributed by atoms with Gasteiger partial charge >= 0.3 is 12.0 Å². The zero-order valence-corrected chi connectivity index (χ0v) is 18.4. The number of hydrogen-bond acceptors (Lipinski definition) is 3. The van der Waals surface area contributed by atoms with Crippen LogP contribution >= 0.6 is 15.9 Å². The first-order valence-corrected chi connectivity index (χ1v) is 10.4. The molecule has 0 bridgehead atoms. The number of nitrogens with one attached hydrogen (secondary N) is 3. The third-order valence-corrected chi connectivity index (χ3v) is 5.56. The van der Waals surface area contributed by atoms with Crippen molar-refractivity contribution in [2.45, 2.75) is 25.8 Å². The molecule has 2 amide bonds. The van der Waals surface area contributed by atoms with E-state index in [-0.39, 0.29) is 12.1 Å². The summed E-state index contributed by atoms with van der Waals surface area (Å²) in [7, 11) is 0. The lowest BCUT2D eigenvalue weighted by Gasteiger charge is -2.19. The van der Waals surface area contributed by atoms with E-state index < -0.39 is 23.6 Å². The lowest BCUT2D eigenvalue weighted by atomic mass is 10.0. The van der Waals surface area contributed by atoms with E-state index in [2.05, 4.69) is 31.5 Å². The van der Waals surface area contributed by atoms with Crippen molar-refractivity contribution in [3.63, 3.8) is 0 Å². The molecule has 2 aromatic carbocycles. The van der Waals surface area contributed by atoms with E-state index in [9.17, 15) is 19.5 Å². The number of halogens is 1. The molecule has 1 atom stereocenters. The molecule has 1 heterocycles. The summed E-state index contributed by atoms with van der Waals surface area (Å²) in [6, 6.07) is 15.2. The average molecular weight is 484 g/mol. The average Bonchev–Trinajstić information content (AvgIpc) is 2.72. The number of aromatic amines is 1. The zero-order chi connectivity index (χ0) is 22.4. The van der Waals surface area contributed by atoms with E-state index in [1.54, 1.807) is 18.2 Å². The summed E-state index contributed by atoms with van der Waals surface area (Å²) in [6.07, 6.45) is 1.67. The van der Waals surface area contributed by atoms with Crippen molar-refractivity contribution < 1.29 is 14.7 Å². The van der Waals surface area contributed by atoms with Crippen molar-refractivity contribution in [2.75, 3.05) is 5.32 Å². The van der Waals surface area contributed by atoms with Gasteiger partial charge in [-0.3, -0.25) is 9.59 Å². The first kappa shape index (κ1) is 22.3. The van der Waals surface area contributed by atoms with Crippen molar-refractivity contribution >= 4 is 33.6 Å². The SMILES string of the molecule is Cc1ccc([C@H](CC(=O)O)NC(=O)Nc2c(Cc3ccccc3Br)cc[nH]c2=O)cc1. The number of carboxylic acids is 1. The summed E-state index contributed by atoms with van der Waals surface area (Å²) >= 11 is 3.49. The number of hydrogen-bond donors (Lipinski definition) is 4. The number of anilines is 1. The zero-order valence-electron chi connectivity index (χ0n) is 16.8. The van der Waals surface area contributed by atoms with Crippen molar-refractivity contribution in [1.82, 2.24) is 10.3 Å². The summed E-state index contributed by atoms with van der Waals surface area (Å²) < 4.78 is 0.895. The number of amides is 2. The fourth-order valence-electron chi connectivity index (χ4n) is 3.18. The molecule has 0 saturated carbocycles. The Morgan fingerprint density at radius 3 is 2.45 bits per heavy atom. The Hall–Kier alpha value is -3.39. The number of carbonyl (C=O) groups excluding carboxylic acids is 1. The highest BCUT2D eigenvalue weighted by Gasteiger charge is 2.20. The maximum Gasteiger partial charge on any atom is 0.319 e. The lowest BCUT2D eigenvalue weighted by Crippen LogP contribution is -2.35. The van der Waals surface area contributed by atoms with Gasteiger partial charge in [0.2, 0.25) is 0 Å². The van der Waals surface area contributed by atoms with Gasteiger partial charge in [-0.25, -0.2) is 4.79 Å². The number of carboxylic acid groups (broad SMARTS) is 1. The topological polar surface area (TPSA) is 111 Å². The first-order valence-electron chi connectivity index (χ1n) is 9.63. The fraction of sp³-hybridized carbons (Fsp3) is 0.174. The van der Waals surface area contributed by atoms with Crippen molar-refractivity contribution in [3.8, 4) is 0 Å². The van der Waals surface area contributed by atoms with Gasteiger partial charge in [0.1, 0.15) is 5.69 Å². The molecule has 3 rings (SSSR count). The summed E-state index contributed by atoms with van der Waals surface area (Å²) in [4.78, 5) is 39.0. The predicted molar refractivity (Wildman–Crippen MR) is 122 cm³/mol. The normalized spacial score (nSPS) is 11.5. The smallest absolute Gasteiger partial charge is 0.319 e. The number of rotatable bonds is 7. The van der Waals surface area contributed by atoms with Crippen LogP contribution in [0.4, 0.5) is 10.5 Å². The van der Waals surface area contributed by atoms with Gasteiger partial charge in [0, 0.05) is 17.1 Å². The van der Waals surface area contributed by atoms with Crippen LogP contribution in [0, 0.1) is 6.92 Å². The monoisotopic (exact) mass is 483 g/mol. The van der Waals surface area contributed by atoms with Crippen LogP contribution in [0.2, 0.25) is 0 Å². The second-order valence-corrected chi connectivity index (χ2v) is 7.99. The second kappa shape index (κ2) is 10.1. The number of carbonyl (C=O) groups is 2. The van der Waals surface area contributed by atoms with Gasteiger partial charge in [0.15, 0.2) is 0 Å². The van der Waals surface area contributed by atoms with E-state index in [0.29, 0.717) is 17.5 Å². The number of H-pyrrole nitrogens is 1. The molecule has 0 saturated heterocycles. The molecule has 0 aliphatic heterocycles. The molecule has 160 valence electrons. The Balaban J connectivity index is 1.81. The van der Waals surface area contributed by atoms with Gasteiger partial charge < -0.3 is 20.7 Å². The Labute approximate surface area is 187 Å². The molecule has 31 heavy (non-hydrogen) atoms. The number of benzene rings is 2. The van der Waals surface area contributed by atoms with E-state index in [0.717, 1.165) is 15.6 Å². The van der Waals surface area contributed by atoms with Crippen molar-refractivity contribution in [3.05, 3.63) is 97.9 Å². The Morgan fingerprint density at radius 2 is 1.77 bits per heavy atom. The first-order chi connectivity index (χ1) is 14.8. The molecule has 1 aromatic heterocycles. The minimum absolute atomic E-state index is 0.119. The molecule has 3 aromatic rings. The van der Waals surface area contributed by atoms with Crippen molar-refractivity contribution in [1.29, 1.82) is 0 Å². The van der Waals surface area contributed by atoms with Crippen LogP contribution in [0.15, 0.2) is 70.1 Å². The minimum atomic E-state index is -1.04. The Morgan fingerprint density at radius 1 is 1.06 bits per heavy atom. The number of pyridine rings is 1. The van der Waals surface area contributed by atoms with E-state index in [1.807, 2.05) is 43.3 Å². The predicted octanol–water partition coefficient (Wildman–Crippen LogP) is 4.37. The molecule has 0 aliphatic carbocycles. The lowest BCUT2D eigenvalue weighted by molar-refractivity contribution is -0.137. The van der Waals surface area contributed by atoms with E-state index >= 15 is 0 Å². The summed E-state index contributed by atoms with van der Waals surface area (Å²) in [5.41, 5.74) is 2.96. The third kappa shape index (κ3) is 6.05. The largest absolute Gasteiger partial charge is 0.481 e. The van der Waals surface area contributed by atoms with Crippen LogP contribution in [0.5, 0.6) is 0 Å². The van der Waals surface area contributed by atoms with Crippen LogP contribution in [-0.2, 0) is 11.2 Å². The van der Waals surface area contributed by atoms with Gasteiger partial charge in [-0.05, 0) is 35.7 Å². The van der Waals surface area contributed by atoms with Crippen LogP contribution in [-0.4, -0.2) is 22.1 Å². The molecule has 0 spiro atoms. The minimum Gasteiger partial charge on any atom is -0.481 e. The summed E-state index contributed by atoms with van der Waals surface area (Å²) in [6.45, 7) is 1.92. The maximum absolute atomic E-state index is 12.7. The van der Waals surface area contributed by atoms with Crippen LogP contribution in [0.25, 0.3) is 0 Å². The third-order valence-electron chi connectivity index (χ3n) is 4.79. The van der Waals surface area contributed by atoms with Gasteiger partial charge in [-0.1, -0.05) is 64.0 Å². The molecule has 0 radical (unpaired) electrons. The number of aliphatic carboxylic acids is 1. The highest BCUT2D eigenvalue weighted by Crippen LogP contribution is 2.22. The summed E-state index contributed by atoms with van der Waals surface area (Å²) in [5, 5.41) is 14.5. The number of aromatic nitrogens is 1. The standard InChI is InChI=1S/C23H22BrN3O4/c1-14-6-8-15(9-7-14)19(13-20(28)29)26-23(31)27-21-17(10-11-25-22(21)30)12-16-4-2-3-5-18(16)24/h2-11,19H,12-13H2,1H3,(H,25,30)(H,28,29)(H2,26,27,31)/t19-/m0/s1. The molecule has 8 heteroatoms. The van der Waals surface area contributed by atoms with Gasteiger partial charge in [0.05, 0.1) is 12.5 Å².